The van der Waals surface area contributed by atoms with E-state index in [0.29, 0.717) is 24.3 Å². The molecule has 4 nitrogen and oxygen atoms in total. The Morgan fingerprint density at radius 1 is 0.700 bits per heavy atom. The zero-order valence-corrected chi connectivity index (χ0v) is 18.1. The molecule has 0 heterocycles. The second kappa shape index (κ2) is 10.2. The van der Waals surface area contributed by atoms with Crippen LogP contribution >= 0.6 is 0 Å². The summed E-state index contributed by atoms with van der Waals surface area (Å²) < 4.78 is 11.8. The Morgan fingerprint density at radius 3 is 1.87 bits per heavy atom. The van der Waals surface area contributed by atoms with Crippen LogP contribution in [-0.2, 0) is 16.0 Å². The number of unbranched alkanes of at least 4 members (excludes halogenated alkanes) is 1. The zero-order valence-electron chi connectivity index (χ0n) is 18.1. The number of carbonyl (C=O) groups excluding carboxylic acids is 2. The highest BCUT2D eigenvalue weighted by Gasteiger charge is 2.21. The minimum absolute atomic E-state index is 0.245. The number of aryl methyl sites for hydroxylation is 1. The monoisotopic (exact) mass is 406 g/mol. The minimum atomic E-state index is -0.251. The third kappa shape index (κ3) is 4.64. The summed E-state index contributed by atoms with van der Waals surface area (Å²) >= 11 is 0. The Labute approximate surface area is 178 Å². The fourth-order valence-corrected chi connectivity index (χ4v) is 3.75. The number of ether oxygens (including phenoxy) is 2. The first-order chi connectivity index (χ1) is 14.6. The predicted octanol–water partition coefficient (Wildman–Crippen LogP) is 6.75. The molecule has 30 heavy (non-hydrogen) atoms. The quantitative estimate of drug-likeness (QED) is 0.224. The highest BCUT2D eigenvalue weighted by Crippen LogP contribution is 2.44. The lowest BCUT2D eigenvalue weighted by Gasteiger charge is -2.18. The number of hydrogen-bond donors (Lipinski definition) is 0. The topological polar surface area (TPSA) is 52.6 Å². The Balaban J connectivity index is 2.32. The van der Waals surface area contributed by atoms with Gasteiger partial charge in [-0.1, -0.05) is 69.7 Å². The van der Waals surface area contributed by atoms with Crippen LogP contribution in [0.4, 0.5) is 0 Å². The summed E-state index contributed by atoms with van der Waals surface area (Å²) in [4.78, 5) is 24.9. The Kier molecular flexibility index (Phi) is 7.45. The number of fused-ring (bicyclic) bond motifs is 2. The molecule has 3 aromatic carbocycles. The van der Waals surface area contributed by atoms with Gasteiger partial charge in [-0.05, 0) is 31.2 Å². The van der Waals surface area contributed by atoms with Gasteiger partial charge in [0.15, 0.2) is 0 Å². The SMILES string of the molecule is CCCCc1cccc2c(OC(=O)CCC)c3ccccc3c(OC(=O)CCC)c12. The van der Waals surface area contributed by atoms with Crippen molar-refractivity contribution in [3.63, 3.8) is 0 Å². The molecule has 0 saturated heterocycles. The summed E-state index contributed by atoms with van der Waals surface area (Å²) in [6, 6.07) is 13.7. The van der Waals surface area contributed by atoms with Gasteiger partial charge in [-0.15, -0.1) is 0 Å². The molecule has 0 fully saturated rings. The van der Waals surface area contributed by atoms with Crippen LogP contribution in [0, 0.1) is 0 Å². The molecule has 0 amide bonds. The number of hydrogen-bond acceptors (Lipinski definition) is 4. The van der Waals surface area contributed by atoms with Gasteiger partial charge >= 0.3 is 11.9 Å². The molecule has 4 heteroatoms. The summed E-state index contributed by atoms with van der Waals surface area (Å²) in [6.07, 6.45) is 5.13. The van der Waals surface area contributed by atoms with Crippen molar-refractivity contribution in [1.82, 2.24) is 0 Å². The maximum absolute atomic E-state index is 12.5. The van der Waals surface area contributed by atoms with Crippen LogP contribution in [-0.4, -0.2) is 11.9 Å². The van der Waals surface area contributed by atoms with Crippen LogP contribution in [0.2, 0.25) is 0 Å². The summed E-state index contributed by atoms with van der Waals surface area (Å²) in [5, 5.41) is 3.25. The van der Waals surface area contributed by atoms with E-state index in [1.807, 2.05) is 50.2 Å². The molecule has 0 aliphatic heterocycles. The molecule has 0 aliphatic rings. The highest BCUT2D eigenvalue weighted by atomic mass is 16.5. The van der Waals surface area contributed by atoms with Crippen molar-refractivity contribution in [2.24, 2.45) is 0 Å². The molecule has 0 bridgehead atoms. The zero-order chi connectivity index (χ0) is 21.5. The van der Waals surface area contributed by atoms with E-state index in [1.165, 1.54) is 0 Å². The van der Waals surface area contributed by atoms with Gasteiger partial charge < -0.3 is 9.47 Å². The van der Waals surface area contributed by atoms with Crippen molar-refractivity contribution in [3.05, 3.63) is 48.0 Å². The molecular formula is C26H30O4. The summed E-state index contributed by atoms with van der Waals surface area (Å²) in [6.45, 7) is 6.07. The van der Waals surface area contributed by atoms with Crippen LogP contribution in [0.3, 0.4) is 0 Å². The van der Waals surface area contributed by atoms with E-state index < -0.39 is 0 Å². The lowest BCUT2D eigenvalue weighted by Crippen LogP contribution is -2.11. The van der Waals surface area contributed by atoms with Crippen LogP contribution in [0.1, 0.15) is 64.9 Å². The van der Waals surface area contributed by atoms with Gasteiger partial charge in [0.05, 0.1) is 0 Å². The standard InChI is InChI=1S/C26H30O4/c1-4-7-13-18-14-10-17-21-24(18)26(30-23(28)12-6-3)20-16-9-8-15-19(20)25(21)29-22(27)11-5-2/h8-10,14-17H,4-7,11-13H2,1-3H3. The molecule has 0 radical (unpaired) electrons. The number of benzene rings is 3. The second-order valence-corrected chi connectivity index (χ2v) is 7.60. The average molecular weight is 407 g/mol. The maximum atomic E-state index is 12.5. The van der Waals surface area contributed by atoms with E-state index in [9.17, 15) is 9.59 Å². The highest BCUT2D eigenvalue weighted by molar-refractivity contribution is 6.13. The smallest absolute Gasteiger partial charge is 0.311 e. The van der Waals surface area contributed by atoms with Crippen molar-refractivity contribution >= 4 is 33.5 Å². The third-order valence-corrected chi connectivity index (χ3v) is 5.18. The molecule has 0 atom stereocenters. The van der Waals surface area contributed by atoms with Gasteiger partial charge in [-0.2, -0.15) is 0 Å². The van der Waals surface area contributed by atoms with Gasteiger partial charge in [-0.25, -0.2) is 0 Å². The van der Waals surface area contributed by atoms with Gasteiger partial charge in [0.1, 0.15) is 11.5 Å². The van der Waals surface area contributed by atoms with Gasteiger partial charge in [-0.3, -0.25) is 9.59 Å². The summed E-state index contributed by atoms with van der Waals surface area (Å²) in [5.41, 5.74) is 1.10. The first-order valence-electron chi connectivity index (χ1n) is 11.0. The van der Waals surface area contributed by atoms with Crippen molar-refractivity contribution < 1.29 is 19.1 Å². The number of rotatable bonds is 9. The van der Waals surface area contributed by atoms with Gasteiger partial charge in [0.2, 0.25) is 0 Å². The second-order valence-electron chi connectivity index (χ2n) is 7.60. The fourth-order valence-electron chi connectivity index (χ4n) is 3.75. The van der Waals surface area contributed by atoms with Crippen molar-refractivity contribution in [1.29, 1.82) is 0 Å². The number of carbonyl (C=O) groups is 2. The van der Waals surface area contributed by atoms with E-state index in [2.05, 4.69) is 13.0 Å². The molecule has 3 rings (SSSR count). The van der Waals surface area contributed by atoms with E-state index in [1.54, 1.807) is 0 Å². The normalized spacial score (nSPS) is 11.0. The lowest BCUT2D eigenvalue weighted by atomic mass is 9.94. The molecule has 0 saturated carbocycles. The van der Waals surface area contributed by atoms with Crippen LogP contribution in [0.15, 0.2) is 42.5 Å². The third-order valence-electron chi connectivity index (χ3n) is 5.18. The largest absolute Gasteiger partial charge is 0.425 e. The maximum Gasteiger partial charge on any atom is 0.311 e. The molecule has 3 aromatic rings. The van der Waals surface area contributed by atoms with Crippen LogP contribution in [0.5, 0.6) is 11.5 Å². The molecule has 0 aliphatic carbocycles. The first-order valence-corrected chi connectivity index (χ1v) is 11.0. The molecular weight excluding hydrogens is 376 g/mol. The molecule has 0 unspecified atom stereocenters. The van der Waals surface area contributed by atoms with Crippen LogP contribution < -0.4 is 9.47 Å². The molecule has 0 spiro atoms. The first kappa shape index (κ1) is 21.8. The minimum Gasteiger partial charge on any atom is -0.425 e. The van der Waals surface area contributed by atoms with E-state index in [4.69, 9.17) is 9.47 Å². The number of esters is 2. The van der Waals surface area contributed by atoms with E-state index in [0.717, 1.165) is 59.2 Å². The summed E-state index contributed by atoms with van der Waals surface area (Å²) in [5.74, 6) is 0.623. The molecule has 158 valence electrons. The summed E-state index contributed by atoms with van der Waals surface area (Å²) in [7, 11) is 0. The Morgan fingerprint density at radius 2 is 1.27 bits per heavy atom. The van der Waals surface area contributed by atoms with Crippen molar-refractivity contribution in [2.45, 2.75) is 65.7 Å². The lowest BCUT2D eigenvalue weighted by molar-refractivity contribution is -0.135. The van der Waals surface area contributed by atoms with Gasteiger partial charge in [0.25, 0.3) is 0 Å². The fraction of sp³-hybridized carbons (Fsp3) is 0.385. The van der Waals surface area contributed by atoms with Crippen LogP contribution in [0.25, 0.3) is 21.5 Å². The van der Waals surface area contributed by atoms with Gasteiger partial charge in [0, 0.05) is 34.4 Å². The average Bonchev–Trinajstić information content (AvgIpc) is 2.74. The molecule has 0 N–H and O–H groups in total. The Hall–Kier alpha value is -2.88. The van der Waals surface area contributed by atoms with Crippen molar-refractivity contribution in [2.75, 3.05) is 0 Å². The predicted molar refractivity (Wildman–Crippen MR) is 121 cm³/mol. The molecule has 0 aromatic heterocycles. The van der Waals surface area contributed by atoms with Crippen molar-refractivity contribution in [3.8, 4) is 11.5 Å². The van der Waals surface area contributed by atoms with E-state index in [-0.39, 0.29) is 11.9 Å². The Bertz CT molecular complexity index is 1050. The van der Waals surface area contributed by atoms with E-state index >= 15 is 0 Å².